The molecular formula is C25H33N3O2. The van der Waals surface area contributed by atoms with Crippen molar-refractivity contribution in [1.29, 1.82) is 0 Å². The fraction of sp³-hybridized carbons (Fsp3) is 0.520. The first kappa shape index (κ1) is 20.9. The molecule has 0 radical (unpaired) electrons. The highest BCUT2D eigenvalue weighted by atomic mass is 16.2. The molecule has 1 saturated heterocycles. The van der Waals surface area contributed by atoms with E-state index in [-0.39, 0.29) is 11.3 Å². The van der Waals surface area contributed by atoms with Gasteiger partial charge in [0.1, 0.15) is 5.56 Å². The largest absolute Gasteiger partial charge is 0.347 e. The highest BCUT2D eigenvalue weighted by Crippen LogP contribution is 2.38. The van der Waals surface area contributed by atoms with Crippen LogP contribution in [0.5, 0.6) is 0 Å². The SMILES string of the molecule is Cc1cc(=O)c(C(=O)N2C[C@H]3CC[C@H]2C3)c(CCc2ccccc2)n1CCN(C)C. The van der Waals surface area contributed by atoms with E-state index in [1.54, 1.807) is 6.07 Å². The number of likely N-dealkylation sites (N-methyl/N-ethyl adjacent to an activating group) is 1. The zero-order valence-electron chi connectivity index (χ0n) is 18.4. The molecule has 2 fully saturated rings. The van der Waals surface area contributed by atoms with Gasteiger partial charge in [-0.25, -0.2) is 0 Å². The standard InChI is InChI=1S/C25H33N3O2/c1-18-15-23(29)24(25(30)28-17-20-9-11-21(28)16-20)22(27(18)14-13-26(2)3)12-10-19-7-5-4-6-8-19/h4-8,15,20-21H,9-14,16-17H2,1-3H3/t20-,21-/m0/s1. The summed E-state index contributed by atoms with van der Waals surface area (Å²) in [7, 11) is 4.10. The molecule has 2 heterocycles. The second-order valence-corrected chi connectivity index (χ2v) is 9.20. The van der Waals surface area contributed by atoms with Crippen LogP contribution >= 0.6 is 0 Å². The Morgan fingerprint density at radius 2 is 1.90 bits per heavy atom. The normalized spacial score (nSPS) is 20.3. The Morgan fingerprint density at radius 1 is 1.13 bits per heavy atom. The van der Waals surface area contributed by atoms with Crippen LogP contribution in [0.2, 0.25) is 0 Å². The number of carbonyl (C=O) groups excluding carboxylic acids is 1. The molecule has 1 amide bonds. The minimum atomic E-state index is -0.121. The van der Waals surface area contributed by atoms with E-state index in [1.807, 2.05) is 30.0 Å². The molecule has 160 valence electrons. The van der Waals surface area contributed by atoms with Crippen molar-refractivity contribution in [3.63, 3.8) is 0 Å². The smallest absolute Gasteiger partial charge is 0.259 e. The van der Waals surface area contributed by atoms with Gasteiger partial charge in [-0.15, -0.1) is 0 Å². The zero-order valence-corrected chi connectivity index (χ0v) is 18.4. The number of likely N-dealkylation sites (tertiary alicyclic amines) is 1. The van der Waals surface area contributed by atoms with Crippen molar-refractivity contribution in [1.82, 2.24) is 14.4 Å². The summed E-state index contributed by atoms with van der Waals surface area (Å²) in [6, 6.07) is 12.3. The lowest BCUT2D eigenvalue weighted by Gasteiger charge is -2.29. The summed E-state index contributed by atoms with van der Waals surface area (Å²) in [6.07, 6.45) is 4.91. The number of aromatic nitrogens is 1. The molecule has 1 aliphatic carbocycles. The van der Waals surface area contributed by atoms with Gasteiger partial charge in [0.25, 0.3) is 5.91 Å². The third kappa shape index (κ3) is 4.22. The first-order chi connectivity index (χ1) is 14.4. The van der Waals surface area contributed by atoms with Gasteiger partial charge < -0.3 is 14.4 Å². The second-order valence-electron chi connectivity index (χ2n) is 9.20. The molecule has 1 aliphatic heterocycles. The number of pyridine rings is 1. The summed E-state index contributed by atoms with van der Waals surface area (Å²) in [5.74, 6) is 0.571. The predicted octanol–water partition coefficient (Wildman–Crippen LogP) is 3.13. The average molecular weight is 408 g/mol. The number of aryl methyl sites for hydroxylation is 2. The van der Waals surface area contributed by atoms with Crippen molar-refractivity contribution in [2.75, 3.05) is 27.2 Å². The highest BCUT2D eigenvalue weighted by Gasteiger charge is 2.41. The van der Waals surface area contributed by atoms with Crippen LogP contribution in [0.3, 0.4) is 0 Å². The topological polar surface area (TPSA) is 45.6 Å². The quantitative estimate of drug-likeness (QED) is 0.708. The van der Waals surface area contributed by atoms with E-state index in [0.717, 1.165) is 50.3 Å². The molecule has 2 aliphatic rings. The monoisotopic (exact) mass is 407 g/mol. The van der Waals surface area contributed by atoms with Crippen molar-refractivity contribution in [2.24, 2.45) is 5.92 Å². The van der Waals surface area contributed by atoms with Gasteiger partial charge >= 0.3 is 0 Å². The van der Waals surface area contributed by atoms with Crippen LogP contribution in [0, 0.1) is 12.8 Å². The molecule has 1 aromatic carbocycles. The van der Waals surface area contributed by atoms with Crippen LogP contribution in [-0.4, -0.2) is 53.5 Å². The zero-order chi connectivity index (χ0) is 21.3. The maximum absolute atomic E-state index is 13.6. The van der Waals surface area contributed by atoms with Gasteiger partial charge in [0, 0.05) is 43.1 Å². The summed E-state index contributed by atoms with van der Waals surface area (Å²) in [6.45, 7) is 4.43. The Kier molecular flexibility index (Phi) is 6.09. The Hall–Kier alpha value is -2.40. The fourth-order valence-corrected chi connectivity index (χ4v) is 5.15. The predicted molar refractivity (Wildman–Crippen MR) is 120 cm³/mol. The molecular weight excluding hydrogens is 374 g/mol. The lowest BCUT2D eigenvalue weighted by Crippen LogP contribution is -2.41. The molecule has 1 saturated carbocycles. The van der Waals surface area contributed by atoms with Crippen LogP contribution in [0.25, 0.3) is 0 Å². The Bertz CT molecular complexity index is 964. The molecule has 2 aromatic rings. The molecule has 4 rings (SSSR count). The number of hydrogen-bond acceptors (Lipinski definition) is 3. The molecule has 0 unspecified atom stereocenters. The van der Waals surface area contributed by atoms with Gasteiger partial charge in [0.05, 0.1) is 0 Å². The van der Waals surface area contributed by atoms with Gasteiger partial charge in [-0.1, -0.05) is 30.3 Å². The van der Waals surface area contributed by atoms with Gasteiger partial charge in [-0.05, 0) is 64.6 Å². The second kappa shape index (κ2) is 8.76. The summed E-state index contributed by atoms with van der Waals surface area (Å²) in [4.78, 5) is 30.8. The molecule has 30 heavy (non-hydrogen) atoms. The van der Waals surface area contributed by atoms with E-state index in [2.05, 4.69) is 35.7 Å². The van der Waals surface area contributed by atoms with Crippen molar-refractivity contribution in [3.05, 3.63) is 69.1 Å². The van der Waals surface area contributed by atoms with Crippen molar-refractivity contribution in [2.45, 2.75) is 51.6 Å². The van der Waals surface area contributed by atoms with Gasteiger partial charge in [0.15, 0.2) is 5.43 Å². The Labute approximate surface area is 179 Å². The van der Waals surface area contributed by atoms with E-state index in [0.29, 0.717) is 23.9 Å². The highest BCUT2D eigenvalue weighted by molar-refractivity contribution is 5.95. The number of hydrogen-bond donors (Lipinski definition) is 0. The summed E-state index contributed by atoms with van der Waals surface area (Å²) >= 11 is 0. The van der Waals surface area contributed by atoms with Crippen molar-refractivity contribution < 1.29 is 4.79 Å². The van der Waals surface area contributed by atoms with Crippen molar-refractivity contribution >= 4 is 5.91 Å². The molecule has 5 heteroatoms. The number of benzene rings is 1. The first-order valence-corrected chi connectivity index (χ1v) is 11.2. The van der Waals surface area contributed by atoms with Gasteiger partial charge in [0.2, 0.25) is 0 Å². The van der Waals surface area contributed by atoms with E-state index in [9.17, 15) is 9.59 Å². The third-order valence-corrected chi connectivity index (χ3v) is 6.77. The van der Waals surface area contributed by atoms with Crippen LogP contribution < -0.4 is 5.43 Å². The number of rotatable bonds is 7. The van der Waals surface area contributed by atoms with Crippen molar-refractivity contribution in [3.8, 4) is 0 Å². The summed E-state index contributed by atoms with van der Waals surface area (Å²) in [5.41, 5.74) is 3.35. The molecule has 0 spiro atoms. The van der Waals surface area contributed by atoms with Gasteiger partial charge in [-0.2, -0.15) is 0 Å². The van der Waals surface area contributed by atoms with Gasteiger partial charge in [-0.3, -0.25) is 9.59 Å². The summed E-state index contributed by atoms with van der Waals surface area (Å²) < 4.78 is 2.20. The molecule has 0 N–H and O–H groups in total. The maximum Gasteiger partial charge on any atom is 0.259 e. The molecule has 1 aromatic heterocycles. The number of carbonyl (C=O) groups is 1. The average Bonchev–Trinajstić information content (AvgIpc) is 3.35. The molecule has 2 atom stereocenters. The van der Waals surface area contributed by atoms with E-state index in [4.69, 9.17) is 0 Å². The minimum Gasteiger partial charge on any atom is -0.347 e. The maximum atomic E-state index is 13.6. The third-order valence-electron chi connectivity index (χ3n) is 6.77. The Balaban J connectivity index is 1.71. The first-order valence-electron chi connectivity index (χ1n) is 11.2. The lowest BCUT2D eigenvalue weighted by atomic mass is 10.0. The van der Waals surface area contributed by atoms with E-state index < -0.39 is 0 Å². The fourth-order valence-electron chi connectivity index (χ4n) is 5.15. The van der Waals surface area contributed by atoms with Crippen LogP contribution in [-0.2, 0) is 19.4 Å². The van der Waals surface area contributed by atoms with Crippen LogP contribution in [0.4, 0.5) is 0 Å². The molecule has 2 bridgehead atoms. The number of fused-ring (bicyclic) bond motifs is 2. The summed E-state index contributed by atoms with van der Waals surface area (Å²) in [5, 5.41) is 0. The number of nitrogens with zero attached hydrogens (tertiary/aromatic N) is 3. The lowest BCUT2D eigenvalue weighted by molar-refractivity contribution is 0.0699. The number of piperidine rings is 1. The van der Waals surface area contributed by atoms with Crippen LogP contribution in [0.1, 0.15) is 46.6 Å². The van der Waals surface area contributed by atoms with E-state index in [1.165, 1.54) is 12.0 Å². The minimum absolute atomic E-state index is 0.0473. The van der Waals surface area contributed by atoms with Crippen LogP contribution in [0.15, 0.2) is 41.2 Å². The Morgan fingerprint density at radius 3 is 2.53 bits per heavy atom. The number of amides is 1. The van der Waals surface area contributed by atoms with E-state index >= 15 is 0 Å². The molecule has 5 nitrogen and oxygen atoms in total.